The van der Waals surface area contributed by atoms with Crippen molar-refractivity contribution in [2.24, 2.45) is 0 Å². The van der Waals surface area contributed by atoms with E-state index in [9.17, 15) is 9.59 Å². The normalized spacial score (nSPS) is 20.1. The van der Waals surface area contributed by atoms with Gasteiger partial charge in [0.15, 0.2) is 0 Å². The average Bonchev–Trinajstić information content (AvgIpc) is 3.32. The van der Waals surface area contributed by atoms with Gasteiger partial charge in [0.05, 0.1) is 13.7 Å². The van der Waals surface area contributed by atoms with Gasteiger partial charge in [0.1, 0.15) is 11.3 Å². The van der Waals surface area contributed by atoms with Crippen molar-refractivity contribution in [1.82, 2.24) is 15.1 Å². The molecule has 0 aliphatic carbocycles. The van der Waals surface area contributed by atoms with Crippen LogP contribution >= 0.6 is 0 Å². The summed E-state index contributed by atoms with van der Waals surface area (Å²) >= 11 is 0. The minimum Gasteiger partial charge on any atom is -0.494 e. The van der Waals surface area contributed by atoms with Crippen LogP contribution in [0.1, 0.15) is 54.9 Å². The maximum absolute atomic E-state index is 13.1. The lowest BCUT2D eigenvalue weighted by Crippen LogP contribution is -2.60. The van der Waals surface area contributed by atoms with Crippen molar-refractivity contribution >= 4 is 11.9 Å². The second-order valence-corrected chi connectivity index (χ2v) is 10.0. The van der Waals surface area contributed by atoms with Crippen LogP contribution in [0.3, 0.4) is 0 Å². The lowest BCUT2D eigenvalue weighted by molar-refractivity contribution is -0.150. The number of methoxy groups -OCH3 is 1. The van der Waals surface area contributed by atoms with Gasteiger partial charge in [-0.25, -0.2) is 4.79 Å². The molecule has 0 bridgehead atoms. The molecule has 1 unspecified atom stereocenters. The fraction of sp³-hybridized carbons (Fsp3) is 0.517. The highest BCUT2D eigenvalue weighted by molar-refractivity contribution is 5.98. The number of hydrogen-bond acceptors (Lipinski definition) is 6. The highest BCUT2D eigenvalue weighted by Crippen LogP contribution is 2.26. The molecule has 2 aromatic carbocycles. The van der Waals surface area contributed by atoms with Gasteiger partial charge < -0.3 is 19.7 Å². The number of amides is 1. The molecular weight excluding hydrogens is 454 g/mol. The third kappa shape index (κ3) is 6.65. The predicted octanol–water partition coefficient (Wildman–Crippen LogP) is 3.88. The molecule has 194 valence electrons. The van der Waals surface area contributed by atoms with E-state index in [0.29, 0.717) is 44.1 Å². The number of nitrogens with zero attached hydrogens (tertiary/aromatic N) is 2. The molecule has 2 saturated heterocycles. The number of nitrogens with one attached hydrogen (secondary N) is 1. The highest BCUT2D eigenvalue weighted by Gasteiger charge is 2.43. The number of benzene rings is 2. The molecule has 1 atom stereocenters. The van der Waals surface area contributed by atoms with Crippen LogP contribution in [0.4, 0.5) is 0 Å². The largest absolute Gasteiger partial charge is 0.494 e. The Hall–Kier alpha value is -2.90. The van der Waals surface area contributed by atoms with Gasteiger partial charge in [-0.15, -0.1) is 0 Å². The topological polar surface area (TPSA) is 71.1 Å². The smallest absolute Gasteiger partial charge is 0.331 e. The van der Waals surface area contributed by atoms with Crippen molar-refractivity contribution < 1.29 is 19.1 Å². The molecule has 2 aliphatic rings. The summed E-state index contributed by atoms with van der Waals surface area (Å²) in [4.78, 5) is 30.7. The van der Waals surface area contributed by atoms with E-state index >= 15 is 0 Å². The molecule has 2 fully saturated rings. The van der Waals surface area contributed by atoms with Gasteiger partial charge in [0.2, 0.25) is 0 Å². The van der Waals surface area contributed by atoms with Crippen LogP contribution in [0.2, 0.25) is 0 Å². The van der Waals surface area contributed by atoms with Crippen LogP contribution in [0, 0.1) is 0 Å². The third-order valence-electron chi connectivity index (χ3n) is 7.55. The molecule has 1 N–H and O–H groups in total. The predicted molar refractivity (Wildman–Crippen MR) is 140 cm³/mol. The molecule has 36 heavy (non-hydrogen) atoms. The van der Waals surface area contributed by atoms with Crippen molar-refractivity contribution in [3.63, 3.8) is 0 Å². The van der Waals surface area contributed by atoms with Gasteiger partial charge in [0, 0.05) is 37.8 Å². The molecule has 2 heterocycles. The molecule has 0 saturated carbocycles. The summed E-state index contributed by atoms with van der Waals surface area (Å²) in [7, 11) is 1.38. The molecule has 7 heteroatoms. The van der Waals surface area contributed by atoms with E-state index in [0.717, 1.165) is 25.3 Å². The Balaban J connectivity index is 1.28. The van der Waals surface area contributed by atoms with Crippen molar-refractivity contribution in [2.75, 3.05) is 39.9 Å². The van der Waals surface area contributed by atoms with Gasteiger partial charge in [-0.05, 0) is 75.4 Å². The number of esters is 1. The molecule has 2 aliphatic heterocycles. The molecule has 0 radical (unpaired) electrons. The third-order valence-corrected chi connectivity index (χ3v) is 7.55. The summed E-state index contributed by atoms with van der Waals surface area (Å²) in [5.41, 5.74) is 0.726. The van der Waals surface area contributed by atoms with Crippen molar-refractivity contribution in [2.45, 2.75) is 57.2 Å². The number of likely N-dealkylation sites (tertiary alicyclic amines) is 2. The summed E-state index contributed by atoms with van der Waals surface area (Å²) in [5.74, 6) is 0.0897. The van der Waals surface area contributed by atoms with Crippen LogP contribution < -0.4 is 10.1 Å². The van der Waals surface area contributed by atoms with Gasteiger partial charge in [-0.1, -0.05) is 30.3 Å². The van der Waals surface area contributed by atoms with Crippen LogP contribution in [0.25, 0.3) is 0 Å². The van der Waals surface area contributed by atoms with E-state index in [1.807, 2.05) is 30.3 Å². The summed E-state index contributed by atoms with van der Waals surface area (Å²) < 4.78 is 11.0. The maximum Gasteiger partial charge on any atom is 0.331 e. The van der Waals surface area contributed by atoms with Crippen LogP contribution in [-0.4, -0.2) is 73.2 Å². The van der Waals surface area contributed by atoms with E-state index in [1.165, 1.54) is 32.1 Å². The second kappa shape index (κ2) is 12.4. The van der Waals surface area contributed by atoms with Gasteiger partial charge in [-0.2, -0.15) is 0 Å². The first-order chi connectivity index (χ1) is 17.5. The zero-order valence-corrected chi connectivity index (χ0v) is 21.6. The first-order valence-corrected chi connectivity index (χ1v) is 13.1. The van der Waals surface area contributed by atoms with Gasteiger partial charge in [0.25, 0.3) is 5.91 Å². The summed E-state index contributed by atoms with van der Waals surface area (Å²) in [5, 5.41) is 3.00. The molecule has 7 nitrogen and oxygen atoms in total. The van der Waals surface area contributed by atoms with Crippen molar-refractivity contribution in [3.8, 4) is 5.75 Å². The minimum absolute atomic E-state index is 0.272. The molecule has 0 spiro atoms. The molecule has 2 aromatic rings. The summed E-state index contributed by atoms with van der Waals surface area (Å²) in [6.07, 6.45) is 4.57. The van der Waals surface area contributed by atoms with E-state index in [4.69, 9.17) is 9.47 Å². The van der Waals surface area contributed by atoms with Gasteiger partial charge >= 0.3 is 5.97 Å². The van der Waals surface area contributed by atoms with E-state index < -0.39 is 5.54 Å². The van der Waals surface area contributed by atoms with E-state index in [-0.39, 0.29) is 11.9 Å². The summed E-state index contributed by atoms with van der Waals surface area (Å²) in [6, 6.07) is 18.1. The average molecular weight is 494 g/mol. The van der Waals surface area contributed by atoms with Crippen LogP contribution in [0.15, 0.2) is 54.6 Å². The fourth-order valence-corrected chi connectivity index (χ4v) is 5.28. The molecule has 4 rings (SSSR count). The number of carbonyl (C=O) groups is 2. The molecular formula is C29H39N3O4. The first-order valence-electron chi connectivity index (χ1n) is 13.1. The Kier molecular flexibility index (Phi) is 8.99. The van der Waals surface area contributed by atoms with Gasteiger partial charge in [-0.3, -0.25) is 9.69 Å². The molecule has 0 aromatic heterocycles. The SMILES string of the molecule is COC(=O)C1(NC(=O)c2ccc(OCCCN3CCCC3C)cc2)CCN(Cc2ccccc2)CC1. The Morgan fingerprint density at radius 1 is 1.03 bits per heavy atom. The van der Waals surface area contributed by atoms with Crippen LogP contribution in [-0.2, 0) is 16.1 Å². The number of ether oxygens (including phenoxy) is 2. The number of hydrogen-bond donors (Lipinski definition) is 1. The monoisotopic (exact) mass is 493 g/mol. The lowest BCUT2D eigenvalue weighted by Gasteiger charge is -2.40. The second-order valence-electron chi connectivity index (χ2n) is 10.0. The summed E-state index contributed by atoms with van der Waals surface area (Å²) in [6.45, 7) is 7.41. The fourth-order valence-electron chi connectivity index (χ4n) is 5.28. The zero-order valence-electron chi connectivity index (χ0n) is 21.6. The van der Waals surface area contributed by atoms with E-state index in [1.54, 1.807) is 12.1 Å². The first kappa shape index (κ1) is 26.2. The minimum atomic E-state index is -1.01. The highest BCUT2D eigenvalue weighted by atomic mass is 16.5. The lowest BCUT2D eigenvalue weighted by atomic mass is 9.86. The Labute approximate surface area is 214 Å². The standard InChI is InChI=1S/C29H39N3O4/c1-23-8-6-17-32(23)18-7-21-36-26-13-11-25(12-14-26)27(33)30-29(28(34)35-2)15-19-31(20-16-29)22-24-9-4-3-5-10-24/h3-5,9-14,23H,6-8,15-22H2,1-2H3,(H,30,33). The van der Waals surface area contributed by atoms with E-state index in [2.05, 4.69) is 34.2 Å². The van der Waals surface area contributed by atoms with Crippen molar-refractivity contribution in [3.05, 3.63) is 65.7 Å². The number of carbonyl (C=O) groups excluding carboxylic acids is 2. The van der Waals surface area contributed by atoms with Crippen molar-refractivity contribution in [1.29, 1.82) is 0 Å². The maximum atomic E-state index is 13.1. The number of rotatable bonds is 10. The Morgan fingerprint density at radius 2 is 1.75 bits per heavy atom. The Morgan fingerprint density at radius 3 is 2.39 bits per heavy atom. The zero-order chi connectivity index (χ0) is 25.4. The quantitative estimate of drug-likeness (QED) is 0.400. The molecule has 1 amide bonds. The van der Waals surface area contributed by atoms with Crippen LogP contribution in [0.5, 0.6) is 5.75 Å². The number of piperidine rings is 1. The Bertz CT molecular complexity index is 987.